The third-order valence-electron chi connectivity index (χ3n) is 5.29. The quantitative estimate of drug-likeness (QED) is 0.377. The molecular formula is C22H18N4O4S. The number of ether oxygens (including phenoxy) is 1. The summed E-state index contributed by atoms with van der Waals surface area (Å²) in [4.78, 5) is 30.4. The molecule has 1 aliphatic heterocycles. The Morgan fingerprint density at radius 2 is 1.94 bits per heavy atom. The fraction of sp³-hybridized carbons (Fsp3) is 0.182. The molecule has 0 radical (unpaired) electrons. The number of hydrogen-bond acceptors (Lipinski definition) is 7. The van der Waals surface area contributed by atoms with Gasteiger partial charge in [0.05, 0.1) is 28.4 Å². The molecule has 1 N–H and O–H groups in total. The number of benzene rings is 3. The highest BCUT2D eigenvalue weighted by Gasteiger charge is 2.23. The summed E-state index contributed by atoms with van der Waals surface area (Å²) >= 11 is 1.39. The van der Waals surface area contributed by atoms with Gasteiger partial charge in [0.25, 0.3) is 11.6 Å². The minimum absolute atomic E-state index is 0.0927. The van der Waals surface area contributed by atoms with E-state index in [0.717, 1.165) is 21.0 Å². The van der Waals surface area contributed by atoms with Crippen molar-refractivity contribution in [3.8, 4) is 0 Å². The number of carbonyl (C=O) groups excluding carboxylic acids is 1. The number of nitro benzene ring substituents is 1. The molecule has 0 atom stereocenters. The van der Waals surface area contributed by atoms with Gasteiger partial charge in [-0.2, -0.15) is 0 Å². The van der Waals surface area contributed by atoms with Gasteiger partial charge < -0.3 is 9.64 Å². The number of aromatic nitrogens is 1. The van der Waals surface area contributed by atoms with E-state index in [1.807, 2.05) is 41.3 Å². The van der Waals surface area contributed by atoms with E-state index in [4.69, 9.17) is 4.74 Å². The first-order valence-electron chi connectivity index (χ1n) is 9.81. The molecular weight excluding hydrogens is 416 g/mol. The van der Waals surface area contributed by atoms with Gasteiger partial charge in [0.2, 0.25) is 0 Å². The SMILES string of the molecule is O=C(Nc1nc2ccc3ccccc3c2s1)c1ccc(N2CCOCC2)c([N+](=O)[O-])c1. The zero-order valence-corrected chi connectivity index (χ0v) is 17.2. The second kappa shape index (κ2) is 7.93. The standard InChI is InChI=1S/C22H18N4O4S/c27-21(15-6-8-18(19(13-15)26(28)29)25-9-11-30-12-10-25)24-22-23-17-7-5-14-3-1-2-4-16(14)20(17)31-22/h1-8,13H,9-12H2,(H,23,24,27). The lowest BCUT2D eigenvalue weighted by atomic mass is 10.1. The van der Waals surface area contributed by atoms with Crippen molar-refractivity contribution in [1.82, 2.24) is 4.98 Å². The Morgan fingerprint density at radius 1 is 1.13 bits per heavy atom. The maximum absolute atomic E-state index is 12.8. The molecule has 1 amide bonds. The van der Waals surface area contributed by atoms with Crippen LogP contribution in [0.4, 0.5) is 16.5 Å². The smallest absolute Gasteiger partial charge is 0.293 e. The van der Waals surface area contributed by atoms with Gasteiger partial charge in [-0.15, -0.1) is 0 Å². The molecule has 1 aromatic heterocycles. The first-order chi connectivity index (χ1) is 15.1. The predicted molar refractivity (Wildman–Crippen MR) is 121 cm³/mol. The molecule has 1 fully saturated rings. The monoisotopic (exact) mass is 434 g/mol. The van der Waals surface area contributed by atoms with Crippen LogP contribution >= 0.6 is 11.3 Å². The normalized spacial score (nSPS) is 14.1. The van der Waals surface area contributed by atoms with Crippen LogP contribution in [0.2, 0.25) is 0 Å². The third-order valence-corrected chi connectivity index (χ3v) is 6.31. The summed E-state index contributed by atoms with van der Waals surface area (Å²) in [7, 11) is 0. The topological polar surface area (TPSA) is 97.6 Å². The summed E-state index contributed by atoms with van der Waals surface area (Å²) in [5, 5.41) is 17.1. The number of fused-ring (bicyclic) bond motifs is 3. The Morgan fingerprint density at radius 3 is 2.74 bits per heavy atom. The van der Waals surface area contributed by atoms with Gasteiger partial charge in [0, 0.05) is 30.1 Å². The number of nitro groups is 1. The molecule has 1 saturated heterocycles. The number of nitrogens with one attached hydrogen (secondary N) is 1. The van der Waals surface area contributed by atoms with Crippen molar-refractivity contribution in [2.45, 2.75) is 0 Å². The van der Waals surface area contributed by atoms with E-state index < -0.39 is 10.8 Å². The highest BCUT2D eigenvalue weighted by Crippen LogP contribution is 2.34. The van der Waals surface area contributed by atoms with Crippen molar-refractivity contribution < 1.29 is 14.5 Å². The maximum atomic E-state index is 12.8. The zero-order chi connectivity index (χ0) is 21.4. The number of nitrogens with zero attached hydrogens (tertiary/aromatic N) is 3. The van der Waals surface area contributed by atoms with E-state index in [1.54, 1.807) is 12.1 Å². The van der Waals surface area contributed by atoms with Crippen molar-refractivity contribution in [3.05, 3.63) is 70.3 Å². The number of thiazole rings is 1. The van der Waals surface area contributed by atoms with E-state index in [2.05, 4.69) is 10.3 Å². The Kier molecular flexibility index (Phi) is 4.97. The van der Waals surface area contributed by atoms with Crippen LogP contribution in [0.15, 0.2) is 54.6 Å². The lowest BCUT2D eigenvalue weighted by Gasteiger charge is -2.28. The Balaban J connectivity index is 1.44. The molecule has 3 aromatic carbocycles. The highest BCUT2D eigenvalue weighted by atomic mass is 32.1. The van der Waals surface area contributed by atoms with Crippen molar-refractivity contribution in [3.63, 3.8) is 0 Å². The van der Waals surface area contributed by atoms with Gasteiger partial charge >= 0.3 is 0 Å². The van der Waals surface area contributed by atoms with E-state index in [9.17, 15) is 14.9 Å². The van der Waals surface area contributed by atoms with Crippen LogP contribution in [0.3, 0.4) is 0 Å². The van der Waals surface area contributed by atoms with E-state index in [1.165, 1.54) is 17.4 Å². The van der Waals surface area contributed by atoms with Gasteiger partial charge in [0.1, 0.15) is 5.69 Å². The van der Waals surface area contributed by atoms with Gasteiger partial charge in [-0.1, -0.05) is 41.7 Å². The number of hydrogen-bond donors (Lipinski definition) is 1. The first kappa shape index (κ1) is 19.4. The molecule has 156 valence electrons. The third kappa shape index (κ3) is 3.69. The molecule has 5 rings (SSSR count). The average Bonchev–Trinajstić information content (AvgIpc) is 3.22. The van der Waals surface area contributed by atoms with Gasteiger partial charge in [-0.05, 0) is 23.6 Å². The number of anilines is 2. The highest BCUT2D eigenvalue weighted by molar-refractivity contribution is 7.23. The maximum Gasteiger partial charge on any atom is 0.293 e. The lowest BCUT2D eigenvalue weighted by molar-refractivity contribution is -0.384. The number of carbonyl (C=O) groups is 1. The van der Waals surface area contributed by atoms with Crippen LogP contribution in [0.5, 0.6) is 0 Å². The van der Waals surface area contributed by atoms with Crippen LogP contribution in [0.25, 0.3) is 21.0 Å². The average molecular weight is 434 g/mol. The number of amides is 1. The second-order valence-corrected chi connectivity index (χ2v) is 8.17. The second-order valence-electron chi connectivity index (χ2n) is 7.17. The van der Waals surface area contributed by atoms with Crippen LogP contribution in [-0.2, 0) is 4.74 Å². The summed E-state index contributed by atoms with van der Waals surface area (Å²) in [6.07, 6.45) is 0. The van der Waals surface area contributed by atoms with Crippen LogP contribution in [0.1, 0.15) is 10.4 Å². The zero-order valence-electron chi connectivity index (χ0n) is 16.4. The molecule has 8 nitrogen and oxygen atoms in total. The van der Waals surface area contributed by atoms with Crippen LogP contribution in [0, 0.1) is 10.1 Å². The molecule has 0 unspecified atom stereocenters. The minimum Gasteiger partial charge on any atom is -0.378 e. The fourth-order valence-electron chi connectivity index (χ4n) is 3.76. The largest absolute Gasteiger partial charge is 0.378 e. The minimum atomic E-state index is -0.453. The van der Waals surface area contributed by atoms with Crippen molar-refractivity contribution in [2.75, 3.05) is 36.5 Å². The summed E-state index contributed by atoms with van der Waals surface area (Å²) in [5.74, 6) is -0.431. The molecule has 31 heavy (non-hydrogen) atoms. The molecule has 0 spiro atoms. The summed E-state index contributed by atoms with van der Waals surface area (Å²) in [6.45, 7) is 2.19. The van der Waals surface area contributed by atoms with Crippen molar-refractivity contribution >= 4 is 54.7 Å². The Bertz CT molecular complexity index is 1310. The van der Waals surface area contributed by atoms with Crippen LogP contribution in [-0.4, -0.2) is 42.1 Å². The molecule has 0 aliphatic carbocycles. The first-order valence-corrected chi connectivity index (χ1v) is 10.6. The molecule has 4 aromatic rings. The van der Waals surface area contributed by atoms with Crippen LogP contribution < -0.4 is 10.2 Å². The number of morpholine rings is 1. The molecule has 1 aliphatic rings. The molecule has 9 heteroatoms. The lowest BCUT2D eigenvalue weighted by Crippen LogP contribution is -2.36. The van der Waals surface area contributed by atoms with Crippen molar-refractivity contribution in [1.29, 1.82) is 0 Å². The van der Waals surface area contributed by atoms with E-state index in [0.29, 0.717) is 37.1 Å². The summed E-state index contributed by atoms with van der Waals surface area (Å²) in [5.41, 5.74) is 1.42. The summed E-state index contributed by atoms with van der Waals surface area (Å²) in [6, 6.07) is 16.5. The molecule has 0 bridgehead atoms. The van der Waals surface area contributed by atoms with Gasteiger partial charge in [-0.25, -0.2) is 4.98 Å². The molecule has 2 heterocycles. The Labute approximate surface area is 181 Å². The predicted octanol–water partition coefficient (Wildman–Crippen LogP) is 4.45. The van der Waals surface area contributed by atoms with E-state index in [-0.39, 0.29) is 11.3 Å². The summed E-state index contributed by atoms with van der Waals surface area (Å²) < 4.78 is 6.31. The van der Waals surface area contributed by atoms with Gasteiger partial charge in [0.15, 0.2) is 5.13 Å². The molecule has 0 saturated carbocycles. The fourth-order valence-corrected chi connectivity index (χ4v) is 4.76. The van der Waals surface area contributed by atoms with Gasteiger partial charge in [-0.3, -0.25) is 20.2 Å². The van der Waals surface area contributed by atoms with E-state index >= 15 is 0 Å². The number of rotatable bonds is 4. The van der Waals surface area contributed by atoms with Crippen molar-refractivity contribution in [2.24, 2.45) is 0 Å². The Hall–Kier alpha value is -3.56.